The SMILES string of the molecule is C=C/C=C/c1cccc(CCCC)c1. The van der Waals surface area contributed by atoms with Crippen LogP contribution < -0.4 is 0 Å². The standard InChI is InChI=1S/C14H18/c1-3-5-8-13-10-7-11-14(12-13)9-6-4-2/h3,5,7-8,10-12H,1,4,6,9H2,2H3/b8-5+. The van der Waals surface area contributed by atoms with Crippen LogP contribution in [0.3, 0.4) is 0 Å². The number of rotatable bonds is 5. The van der Waals surface area contributed by atoms with Gasteiger partial charge in [0.1, 0.15) is 0 Å². The van der Waals surface area contributed by atoms with Crippen molar-refractivity contribution in [2.45, 2.75) is 26.2 Å². The van der Waals surface area contributed by atoms with Crippen molar-refractivity contribution in [1.29, 1.82) is 0 Å². The van der Waals surface area contributed by atoms with Crippen molar-refractivity contribution in [2.75, 3.05) is 0 Å². The summed E-state index contributed by atoms with van der Waals surface area (Å²) in [5, 5.41) is 0. The lowest BCUT2D eigenvalue weighted by Gasteiger charge is -2.00. The normalized spacial score (nSPS) is 10.6. The maximum Gasteiger partial charge on any atom is -0.0254 e. The molecule has 0 unspecified atom stereocenters. The topological polar surface area (TPSA) is 0 Å². The van der Waals surface area contributed by atoms with Gasteiger partial charge >= 0.3 is 0 Å². The molecule has 1 rings (SSSR count). The molecule has 0 heteroatoms. The van der Waals surface area contributed by atoms with Crippen molar-refractivity contribution in [1.82, 2.24) is 0 Å². The molecule has 0 N–H and O–H groups in total. The maximum absolute atomic E-state index is 3.66. The first-order valence-corrected chi connectivity index (χ1v) is 5.25. The monoisotopic (exact) mass is 186 g/mol. The highest BCUT2D eigenvalue weighted by molar-refractivity contribution is 5.51. The molecule has 0 aliphatic heterocycles. The first-order valence-electron chi connectivity index (χ1n) is 5.25. The molecular weight excluding hydrogens is 168 g/mol. The number of hydrogen-bond acceptors (Lipinski definition) is 0. The van der Waals surface area contributed by atoms with Crippen LogP contribution in [0.2, 0.25) is 0 Å². The largest absolute Gasteiger partial charge is 0.0991 e. The highest BCUT2D eigenvalue weighted by Crippen LogP contribution is 2.10. The van der Waals surface area contributed by atoms with Gasteiger partial charge in [0.25, 0.3) is 0 Å². The van der Waals surface area contributed by atoms with Crippen LogP contribution in [0.4, 0.5) is 0 Å². The number of benzene rings is 1. The molecule has 1 aromatic carbocycles. The van der Waals surface area contributed by atoms with Crippen LogP contribution in [0.5, 0.6) is 0 Å². The second-order valence-electron chi connectivity index (χ2n) is 3.44. The Hall–Kier alpha value is -1.30. The molecule has 0 aliphatic carbocycles. The summed E-state index contributed by atoms with van der Waals surface area (Å²) in [5.41, 5.74) is 2.69. The molecule has 0 saturated carbocycles. The predicted octanol–water partition coefficient (Wildman–Crippen LogP) is 4.23. The van der Waals surface area contributed by atoms with Gasteiger partial charge in [0, 0.05) is 0 Å². The van der Waals surface area contributed by atoms with Gasteiger partial charge in [-0.3, -0.25) is 0 Å². The van der Waals surface area contributed by atoms with Gasteiger partial charge in [-0.1, -0.05) is 62.4 Å². The molecule has 0 spiro atoms. The van der Waals surface area contributed by atoms with Crippen molar-refractivity contribution in [3.8, 4) is 0 Å². The molecule has 74 valence electrons. The van der Waals surface area contributed by atoms with E-state index in [1.807, 2.05) is 6.08 Å². The van der Waals surface area contributed by atoms with E-state index in [2.05, 4.69) is 43.8 Å². The zero-order chi connectivity index (χ0) is 10.2. The minimum absolute atomic E-state index is 1.19. The number of hydrogen-bond donors (Lipinski definition) is 0. The van der Waals surface area contributed by atoms with Gasteiger partial charge in [-0.05, 0) is 24.0 Å². The van der Waals surface area contributed by atoms with Gasteiger partial charge in [0.15, 0.2) is 0 Å². The van der Waals surface area contributed by atoms with Crippen molar-refractivity contribution in [2.24, 2.45) is 0 Å². The van der Waals surface area contributed by atoms with Crippen LogP contribution in [0, 0.1) is 0 Å². The van der Waals surface area contributed by atoms with E-state index in [4.69, 9.17) is 0 Å². The Balaban J connectivity index is 2.68. The molecule has 0 bridgehead atoms. The van der Waals surface area contributed by atoms with Gasteiger partial charge in [0.2, 0.25) is 0 Å². The Kier molecular flexibility index (Phi) is 4.77. The summed E-state index contributed by atoms with van der Waals surface area (Å²) in [6.07, 6.45) is 9.58. The average Bonchev–Trinajstić information content (AvgIpc) is 2.24. The smallest absolute Gasteiger partial charge is 0.0254 e. The van der Waals surface area contributed by atoms with Crippen molar-refractivity contribution >= 4 is 6.08 Å². The second kappa shape index (κ2) is 6.20. The van der Waals surface area contributed by atoms with Gasteiger partial charge in [0.05, 0.1) is 0 Å². The van der Waals surface area contributed by atoms with Crippen LogP contribution in [0.25, 0.3) is 6.08 Å². The van der Waals surface area contributed by atoms with E-state index in [0.717, 1.165) is 0 Å². The number of allylic oxidation sites excluding steroid dienone is 2. The molecule has 0 aromatic heterocycles. The molecule has 0 radical (unpaired) electrons. The molecule has 0 aliphatic rings. The van der Waals surface area contributed by atoms with E-state index in [9.17, 15) is 0 Å². The van der Waals surface area contributed by atoms with Crippen LogP contribution in [-0.2, 0) is 6.42 Å². The average molecular weight is 186 g/mol. The van der Waals surface area contributed by atoms with E-state index in [-0.39, 0.29) is 0 Å². The molecule has 0 heterocycles. The van der Waals surface area contributed by atoms with Gasteiger partial charge in [-0.2, -0.15) is 0 Å². The zero-order valence-corrected chi connectivity index (χ0v) is 8.87. The van der Waals surface area contributed by atoms with E-state index in [0.29, 0.717) is 0 Å². The van der Waals surface area contributed by atoms with Gasteiger partial charge in [-0.15, -0.1) is 0 Å². The molecule has 0 atom stereocenters. The quantitative estimate of drug-likeness (QED) is 0.604. The zero-order valence-electron chi connectivity index (χ0n) is 8.87. The Morgan fingerprint density at radius 2 is 2.21 bits per heavy atom. The highest BCUT2D eigenvalue weighted by atomic mass is 14.0. The molecule has 0 saturated heterocycles. The second-order valence-corrected chi connectivity index (χ2v) is 3.44. The van der Waals surface area contributed by atoms with E-state index >= 15 is 0 Å². The Labute approximate surface area is 87.0 Å². The summed E-state index contributed by atoms with van der Waals surface area (Å²) in [6.45, 7) is 5.88. The molecule has 14 heavy (non-hydrogen) atoms. The van der Waals surface area contributed by atoms with Crippen molar-refractivity contribution in [3.05, 3.63) is 54.1 Å². The van der Waals surface area contributed by atoms with Crippen molar-refractivity contribution in [3.63, 3.8) is 0 Å². The fourth-order valence-electron chi connectivity index (χ4n) is 1.41. The van der Waals surface area contributed by atoms with E-state index in [1.54, 1.807) is 6.08 Å². The minimum atomic E-state index is 1.19. The Morgan fingerprint density at radius 1 is 1.36 bits per heavy atom. The third kappa shape index (κ3) is 3.61. The van der Waals surface area contributed by atoms with Crippen LogP contribution >= 0.6 is 0 Å². The first kappa shape index (κ1) is 10.8. The lowest BCUT2D eigenvalue weighted by atomic mass is 10.1. The van der Waals surface area contributed by atoms with Crippen molar-refractivity contribution < 1.29 is 0 Å². The number of aryl methyl sites for hydroxylation is 1. The summed E-state index contributed by atoms with van der Waals surface area (Å²) in [7, 11) is 0. The lowest BCUT2D eigenvalue weighted by Crippen LogP contribution is -1.84. The molecule has 1 aromatic rings. The predicted molar refractivity (Wildman–Crippen MR) is 64.3 cm³/mol. The van der Waals surface area contributed by atoms with Crippen LogP contribution in [0.1, 0.15) is 30.9 Å². The third-order valence-corrected chi connectivity index (χ3v) is 2.19. The Morgan fingerprint density at radius 3 is 2.93 bits per heavy atom. The summed E-state index contributed by atoms with van der Waals surface area (Å²) >= 11 is 0. The van der Waals surface area contributed by atoms with Gasteiger partial charge in [-0.25, -0.2) is 0 Å². The highest BCUT2D eigenvalue weighted by Gasteiger charge is 1.92. The molecular formula is C14H18. The maximum atomic E-state index is 3.66. The summed E-state index contributed by atoms with van der Waals surface area (Å²) < 4.78 is 0. The first-order chi connectivity index (χ1) is 6.86. The number of unbranched alkanes of at least 4 members (excludes halogenated alkanes) is 1. The third-order valence-electron chi connectivity index (χ3n) is 2.19. The van der Waals surface area contributed by atoms with Crippen LogP contribution in [-0.4, -0.2) is 0 Å². The van der Waals surface area contributed by atoms with Crippen LogP contribution in [0.15, 0.2) is 43.0 Å². The minimum Gasteiger partial charge on any atom is -0.0991 e. The van der Waals surface area contributed by atoms with Gasteiger partial charge < -0.3 is 0 Å². The van der Waals surface area contributed by atoms with E-state index < -0.39 is 0 Å². The molecule has 0 nitrogen and oxygen atoms in total. The lowest BCUT2D eigenvalue weighted by molar-refractivity contribution is 0.795. The molecule has 0 amide bonds. The summed E-state index contributed by atoms with van der Waals surface area (Å²) in [5.74, 6) is 0. The Bertz CT molecular complexity index is 308. The molecule has 0 fully saturated rings. The summed E-state index contributed by atoms with van der Waals surface area (Å²) in [6, 6.07) is 8.68. The fourth-order valence-corrected chi connectivity index (χ4v) is 1.41. The summed E-state index contributed by atoms with van der Waals surface area (Å²) in [4.78, 5) is 0. The van der Waals surface area contributed by atoms with E-state index in [1.165, 1.54) is 30.4 Å². The fraction of sp³-hybridized carbons (Fsp3) is 0.286.